The van der Waals surface area contributed by atoms with Crippen molar-refractivity contribution in [3.63, 3.8) is 0 Å². The molecule has 0 aromatic heterocycles. The van der Waals surface area contributed by atoms with Gasteiger partial charge in [0, 0.05) is 6.04 Å². The molecule has 15 heavy (non-hydrogen) atoms. The summed E-state index contributed by atoms with van der Waals surface area (Å²) in [5.41, 5.74) is 2.24. The maximum Gasteiger partial charge on any atom is 0.305 e. The lowest BCUT2D eigenvalue weighted by molar-refractivity contribution is -0.138. The van der Waals surface area contributed by atoms with Crippen molar-refractivity contribution in [2.75, 3.05) is 14.1 Å². The normalized spacial score (nSPS) is 12.8. The van der Waals surface area contributed by atoms with Gasteiger partial charge < -0.3 is 10.0 Å². The number of carboxylic acid groups (broad SMARTS) is 1. The third kappa shape index (κ3) is 3.36. The molecule has 3 nitrogen and oxygen atoms in total. The first-order valence-corrected chi connectivity index (χ1v) is 4.95. The molecule has 1 atom stereocenters. The van der Waals surface area contributed by atoms with E-state index in [0.717, 1.165) is 5.56 Å². The molecule has 0 spiro atoms. The molecular formula is C12H17NO2. The van der Waals surface area contributed by atoms with Gasteiger partial charge in [0.05, 0.1) is 6.42 Å². The minimum Gasteiger partial charge on any atom is -0.481 e. The van der Waals surface area contributed by atoms with Gasteiger partial charge in [-0.15, -0.1) is 0 Å². The second-order valence-corrected chi connectivity index (χ2v) is 3.99. The highest BCUT2D eigenvalue weighted by Gasteiger charge is 2.17. The smallest absolute Gasteiger partial charge is 0.305 e. The first-order chi connectivity index (χ1) is 7.00. The molecule has 1 aromatic rings. The van der Waals surface area contributed by atoms with Crippen molar-refractivity contribution in [2.24, 2.45) is 0 Å². The van der Waals surface area contributed by atoms with Gasteiger partial charge in [0.1, 0.15) is 0 Å². The lowest BCUT2D eigenvalue weighted by Gasteiger charge is -2.23. The van der Waals surface area contributed by atoms with Crippen molar-refractivity contribution in [1.29, 1.82) is 0 Å². The molecule has 1 N–H and O–H groups in total. The topological polar surface area (TPSA) is 40.5 Å². The second kappa shape index (κ2) is 4.94. The highest BCUT2D eigenvalue weighted by atomic mass is 16.4. The number of carboxylic acids is 1. The van der Waals surface area contributed by atoms with Crippen molar-refractivity contribution < 1.29 is 9.90 Å². The lowest BCUT2D eigenvalue weighted by Crippen LogP contribution is -2.22. The van der Waals surface area contributed by atoms with E-state index in [1.165, 1.54) is 5.56 Å². The van der Waals surface area contributed by atoms with Crippen LogP contribution in [0.4, 0.5) is 0 Å². The van der Waals surface area contributed by atoms with Gasteiger partial charge >= 0.3 is 5.97 Å². The fraction of sp³-hybridized carbons (Fsp3) is 0.417. The molecule has 1 unspecified atom stereocenters. The summed E-state index contributed by atoms with van der Waals surface area (Å²) in [6, 6.07) is 7.94. The maximum atomic E-state index is 10.7. The van der Waals surface area contributed by atoms with Crippen LogP contribution in [-0.4, -0.2) is 30.1 Å². The van der Waals surface area contributed by atoms with E-state index in [1.807, 2.05) is 50.2 Å². The molecule has 82 valence electrons. The van der Waals surface area contributed by atoms with Crippen LogP contribution in [0.3, 0.4) is 0 Å². The molecule has 1 aromatic carbocycles. The number of aryl methyl sites for hydroxylation is 1. The minimum atomic E-state index is -0.769. The van der Waals surface area contributed by atoms with Crippen molar-refractivity contribution >= 4 is 5.97 Å². The molecule has 0 aliphatic rings. The van der Waals surface area contributed by atoms with E-state index < -0.39 is 5.97 Å². The number of hydrogen-bond donors (Lipinski definition) is 1. The Labute approximate surface area is 90.3 Å². The summed E-state index contributed by atoms with van der Waals surface area (Å²) in [5, 5.41) is 8.82. The minimum absolute atomic E-state index is 0.0527. The van der Waals surface area contributed by atoms with E-state index in [4.69, 9.17) is 5.11 Å². The number of rotatable bonds is 4. The summed E-state index contributed by atoms with van der Waals surface area (Å²) in [7, 11) is 3.79. The number of nitrogens with zero attached hydrogens (tertiary/aromatic N) is 1. The van der Waals surface area contributed by atoms with Crippen molar-refractivity contribution in [2.45, 2.75) is 19.4 Å². The zero-order valence-corrected chi connectivity index (χ0v) is 9.40. The number of hydrogen-bond acceptors (Lipinski definition) is 2. The van der Waals surface area contributed by atoms with Crippen molar-refractivity contribution in [3.05, 3.63) is 35.4 Å². The Balaban J connectivity index is 2.88. The molecule has 0 radical (unpaired) electrons. The van der Waals surface area contributed by atoms with Gasteiger partial charge in [0.2, 0.25) is 0 Å². The SMILES string of the molecule is Cc1ccc(C(CC(=O)O)N(C)C)cc1. The molecule has 0 aliphatic carbocycles. The highest BCUT2D eigenvalue weighted by Crippen LogP contribution is 2.22. The van der Waals surface area contributed by atoms with Gasteiger partial charge in [-0.3, -0.25) is 4.79 Å². The van der Waals surface area contributed by atoms with Crippen LogP contribution in [0.15, 0.2) is 24.3 Å². The standard InChI is InChI=1S/C12H17NO2/c1-9-4-6-10(7-5-9)11(13(2)3)8-12(14)15/h4-7,11H,8H2,1-3H3,(H,14,15). The van der Waals surface area contributed by atoms with Crippen LogP contribution in [0.5, 0.6) is 0 Å². The molecule has 0 bridgehead atoms. The first-order valence-electron chi connectivity index (χ1n) is 4.95. The van der Waals surface area contributed by atoms with Crippen molar-refractivity contribution in [1.82, 2.24) is 4.90 Å². The summed E-state index contributed by atoms with van der Waals surface area (Å²) in [4.78, 5) is 12.7. The van der Waals surface area contributed by atoms with E-state index in [-0.39, 0.29) is 12.5 Å². The van der Waals surface area contributed by atoms with Gasteiger partial charge in [-0.2, -0.15) is 0 Å². The Morgan fingerprint density at radius 2 is 1.87 bits per heavy atom. The zero-order chi connectivity index (χ0) is 11.4. The molecule has 0 heterocycles. The number of aliphatic carboxylic acids is 1. The average molecular weight is 207 g/mol. The van der Waals surface area contributed by atoms with Crippen LogP contribution in [0, 0.1) is 6.92 Å². The van der Waals surface area contributed by atoms with Crippen molar-refractivity contribution in [3.8, 4) is 0 Å². The molecular weight excluding hydrogens is 190 g/mol. The van der Waals surface area contributed by atoms with E-state index in [9.17, 15) is 4.79 Å². The van der Waals surface area contributed by atoms with Crippen LogP contribution >= 0.6 is 0 Å². The molecule has 0 saturated heterocycles. The van der Waals surface area contributed by atoms with Gasteiger partial charge in [-0.25, -0.2) is 0 Å². The summed E-state index contributed by atoms with van der Waals surface area (Å²) < 4.78 is 0. The monoisotopic (exact) mass is 207 g/mol. The van der Waals surface area contributed by atoms with E-state index in [1.54, 1.807) is 0 Å². The van der Waals surface area contributed by atoms with Gasteiger partial charge in [-0.1, -0.05) is 29.8 Å². The fourth-order valence-corrected chi connectivity index (χ4v) is 1.55. The van der Waals surface area contributed by atoms with E-state index in [2.05, 4.69) is 0 Å². The predicted molar refractivity (Wildman–Crippen MR) is 59.9 cm³/mol. The average Bonchev–Trinajstić information content (AvgIpc) is 2.15. The summed E-state index contributed by atoms with van der Waals surface area (Å²) in [6.45, 7) is 2.02. The second-order valence-electron chi connectivity index (χ2n) is 3.99. The third-order valence-corrected chi connectivity index (χ3v) is 2.45. The first kappa shape index (κ1) is 11.7. The zero-order valence-electron chi connectivity index (χ0n) is 9.40. The molecule has 1 rings (SSSR count). The van der Waals surface area contributed by atoms with Crippen LogP contribution in [0.1, 0.15) is 23.6 Å². The van der Waals surface area contributed by atoms with Crippen LogP contribution in [-0.2, 0) is 4.79 Å². The Bertz CT molecular complexity index is 330. The third-order valence-electron chi connectivity index (χ3n) is 2.45. The van der Waals surface area contributed by atoms with E-state index >= 15 is 0 Å². The molecule has 0 amide bonds. The fourth-order valence-electron chi connectivity index (χ4n) is 1.55. The Morgan fingerprint density at radius 3 is 2.27 bits per heavy atom. The predicted octanol–water partition coefficient (Wildman–Crippen LogP) is 2.07. The van der Waals surface area contributed by atoms with Gasteiger partial charge in [0.15, 0.2) is 0 Å². The Hall–Kier alpha value is -1.35. The molecule has 0 fully saturated rings. The summed E-state index contributed by atoms with van der Waals surface area (Å²) in [5.74, 6) is -0.769. The molecule has 3 heteroatoms. The maximum absolute atomic E-state index is 10.7. The largest absolute Gasteiger partial charge is 0.481 e. The molecule has 0 saturated carbocycles. The van der Waals surface area contributed by atoms with Crippen LogP contribution in [0.25, 0.3) is 0 Å². The Morgan fingerprint density at radius 1 is 1.33 bits per heavy atom. The van der Waals surface area contributed by atoms with Crippen LogP contribution in [0.2, 0.25) is 0 Å². The van der Waals surface area contributed by atoms with Crippen LogP contribution < -0.4 is 0 Å². The van der Waals surface area contributed by atoms with Gasteiger partial charge in [0.25, 0.3) is 0 Å². The summed E-state index contributed by atoms with van der Waals surface area (Å²) >= 11 is 0. The lowest BCUT2D eigenvalue weighted by atomic mass is 10.0. The number of carbonyl (C=O) groups is 1. The Kier molecular flexibility index (Phi) is 3.86. The van der Waals surface area contributed by atoms with Gasteiger partial charge in [-0.05, 0) is 26.6 Å². The summed E-state index contributed by atoms with van der Waals surface area (Å²) in [6.07, 6.45) is 0.135. The number of benzene rings is 1. The highest BCUT2D eigenvalue weighted by molar-refractivity contribution is 5.67. The quantitative estimate of drug-likeness (QED) is 0.821. The van der Waals surface area contributed by atoms with E-state index in [0.29, 0.717) is 0 Å². The molecule has 0 aliphatic heterocycles.